The number of nitrogens with one attached hydrogen (secondary N) is 2. The van der Waals surface area contributed by atoms with Gasteiger partial charge in [-0.1, -0.05) is 23.2 Å². The van der Waals surface area contributed by atoms with E-state index in [2.05, 4.69) is 41.2 Å². The van der Waals surface area contributed by atoms with Crippen LogP contribution in [-0.4, -0.2) is 25.8 Å². The Morgan fingerprint density at radius 3 is 2.90 bits per heavy atom. The fourth-order valence-corrected chi connectivity index (χ4v) is 2.51. The number of halogens is 3. The van der Waals surface area contributed by atoms with Crippen LogP contribution in [0.5, 0.6) is 0 Å². The molecule has 9 heteroatoms. The first-order valence-corrected chi connectivity index (χ1v) is 7.22. The molecule has 3 aromatic rings. The molecule has 0 fully saturated rings. The fraction of sp³-hybridized carbons (Fsp3) is 0. The molecule has 3 rings (SSSR count). The largest absolute Gasteiger partial charge is 0.341 e. The van der Waals surface area contributed by atoms with Crippen LogP contribution >= 0.6 is 39.1 Å². The Morgan fingerprint density at radius 1 is 1.29 bits per heavy atom. The second-order valence-electron chi connectivity index (χ2n) is 4.02. The van der Waals surface area contributed by atoms with Gasteiger partial charge in [-0.2, -0.15) is 9.97 Å². The fourth-order valence-electron chi connectivity index (χ4n) is 1.69. The third kappa shape index (κ3) is 2.85. The van der Waals surface area contributed by atoms with Gasteiger partial charge in [0.2, 0.25) is 5.95 Å². The van der Waals surface area contributed by atoms with Gasteiger partial charge in [0.15, 0.2) is 10.8 Å². The van der Waals surface area contributed by atoms with Crippen molar-refractivity contribution in [2.45, 2.75) is 0 Å². The molecular weight excluding hydrogens is 381 g/mol. The summed E-state index contributed by atoms with van der Waals surface area (Å²) < 4.78 is 0.608. The van der Waals surface area contributed by atoms with Gasteiger partial charge in [-0.3, -0.25) is 10.1 Å². The standard InChI is InChI=1S/C12H6BrCl2N5O/c13-7-2-1-5(14)3-6(7)11(21)20-12-18-9(15)8-10(19-12)17-4-16-8/h1-4H,(H2,16,17,18,19,20,21). The number of aromatic nitrogens is 4. The first-order chi connectivity index (χ1) is 10.0. The van der Waals surface area contributed by atoms with Gasteiger partial charge in [-0.15, -0.1) is 0 Å². The highest BCUT2D eigenvalue weighted by Crippen LogP contribution is 2.23. The Balaban J connectivity index is 1.94. The molecule has 0 spiro atoms. The van der Waals surface area contributed by atoms with E-state index < -0.39 is 5.91 Å². The highest BCUT2D eigenvalue weighted by atomic mass is 79.9. The molecule has 1 aromatic carbocycles. The molecular formula is C12H6BrCl2N5O. The molecule has 0 unspecified atom stereocenters. The number of aromatic amines is 1. The van der Waals surface area contributed by atoms with Crippen molar-refractivity contribution in [1.82, 2.24) is 19.9 Å². The summed E-state index contributed by atoms with van der Waals surface area (Å²) in [7, 11) is 0. The van der Waals surface area contributed by atoms with Crippen LogP contribution in [0.15, 0.2) is 29.0 Å². The van der Waals surface area contributed by atoms with Crippen molar-refractivity contribution in [3.05, 3.63) is 44.7 Å². The van der Waals surface area contributed by atoms with Gasteiger partial charge in [0, 0.05) is 9.50 Å². The van der Waals surface area contributed by atoms with Gasteiger partial charge in [0.25, 0.3) is 5.91 Å². The summed E-state index contributed by atoms with van der Waals surface area (Å²) in [4.78, 5) is 27.1. The van der Waals surface area contributed by atoms with E-state index in [0.717, 1.165) is 0 Å². The number of imidazole rings is 1. The van der Waals surface area contributed by atoms with E-state index in [1.54, 1.807) is 12.1 Å². The number of benzene rings is 1. The van der Waals surface area contributed by atoms with Gasteiger partial charge < -0.3 is 4.98 Å². The van der Waals surface area contributed by atoms with E-state index in [0.29, 0.717) is 26.2 Å². The minimum absolute atomic E-state index is 0.0662. The predicted octanol–water partition coefficient (Wildman–Crippen LogP) is 3.67. The molecule has 0 aliphatic carbocycles. The molecule has 0 aliphatic rings. The minimum atomic E-state index is -0.407. The second kappa shape index (κ2) is 5.59. The molecule has 6 nitrogen and oxygen atoms in total. The average Bonchev–Trinajstić information content (AvgIpc) is 2.90. The number of carbonyl (C=O) groups is 1. The lowest BCUT2D eigenvalue weighted by atomic mass is 10.2. The van der Waals surface area contributed by atoms with E-state index in [4.69, 9.17) is 23.2 Å². The normalized spacial score (nSPS) is 10.8. The van der Waals surface area contributed by atoms with Gasteiger partial charge in [-0.25, -0.2) is 4.98 Å². The van der Waals surface area contributed by atoms with Crippen LogP contribution in [0, 0.1) is 0 Å². The summed E-state index contributed by atoms with van der Waals surface area (Å²) in [6, 6.07) is 4.89. The summed E-state index contributed by atoms with van der Waals surface area (Å²) in [6.45, 7) is 0. The van der Waals surface area contributed by atoms with Gasteiger partial charge in [0.1, 0.15) is 5.52 Å². The molecule has 0 radical (unpaired) electrons. The molecule has 0 atom stereocenters. The quantitative estimate of drug-likeness (QED) is 0.658. The lowest BCUT2D eigenvalue weighted by molar-refractivity contribution is 0.102. The third-order valence-corrected chi connectivity index (χ3v) is 3.84. The van der Waals surface area contributed by atoms with Crippen LogP contribution < -0.4 is 5.32 Å². The Labute approximate surface area is 137 Å². The highest BCUT2D eigenvalue weighted by Gasteiger charge is 2.14. The Kier molecular flexibility index (Phi) is 3.79. The summed E-state index contributed by atoms with van der Waals surface area (Å²) in [5.74, 6) is -0.341. The molecule has 2 N–H and O–H groups in total. The van der Waals surface area contributed by atoms with Crippen molar-refractivity contribution >= 4 is 62.2 Å². The van der Waals surface area contributed by atoms with E-state index in [9.17, 15) is 4.79 Å². The van der Waals surface area contributed by atoms with Crippen LogP contribution in [0.25, 0.3) is 11.2 Å². The molecule has 2 heterocycles. The molecule has 0 bridgehead atoms. The summed E-state index contributed by atoms with van der Waals surface area (Å²) in [6.07, 6.45) is 1.45. The first-order valence-electron chi connectivity index (χ1n) is 5.67. The average molecular weight is 387 g/mol. The van der Waals surface area contributed by atoms with Crippen LogP contribution in [0.1, 0.15) is 10.4 Å². The number of rotatable bonds is 2. The first kappa shape index (κ1) is 14.2. The molecule has 0 aliphatic heterocycles. The topological polar surface area (TPSA) is 83.6 Å². The van der Waals surface area contributed by atoms with Crippen molar-refractivity contribution < 1.29 is 4.79 Å². The monoisotopic (exact) mass is 385 g/mol. The smallest absolute Gasteiger partial charge is 0.259 e. The predicted molar refractivity (Wildman–Crippen MR) is 83.8 cm³/mol. The number of amides is 1. The number of carbonyl (C=O) groups excluding carboxylic acids is 1. The van der Waals surface area contributed by atoms with Crippen molar-refractivity contribution in [3.8, 4) is 0 Å². The lowest BCUT2D eigenvalue weighted by Gasteiger charge is -2.06. The number of fused-ring (bicyclic) bond motifs is 1. The van der Waals surface area contributed by atoms with Crippen molar-refractivity contribution in [3.63, 3.8) is 0 Å². The maximum atomic E-state index is 12.2. The molecule has 1 amide bonds. The van der Waals surface area contributed by atoms with Crippen molar-refractivity contribution in [2.24, 2.45) is 0 Å². The van der Waals surface area contributed by atoms with E-state index in [1.165, 1.54) is 12.4 Å². The number of H-pyrrole nitrogens is 1. The third-order valence-electron chi connectivity index (χ3n) is 2.64. The van der Waals surface area contributed by atoms with Gasteiger partial charge in [-0.05, 0) is 34.1 Å². The lowest BCUT2D eigenvalue weighted by Crippen LogP contribution is -2.15. The molecule has 0 saturated carbocycles. The summed E-state index contributed by atoms with van der Waals surface area (Å²) in [5, 5.41) is 3.19. The summed E-state index contributed by atoms with van der Waals surface area (Å²) >= 11 is 15.2. The SMILES string of the molecule is O=C(Nc1nc(Cl)c2[nH]cnc2n1)c1cc(Cl)ccc1Br. The number of anilines is 1. The zero-order chi connectivity index (χ0) is 15.0. The summed E-state index contributed by atoms with van der Waals surface area (Å²) in [5.41, 5.74) is 1.25. The Bertz CT molecular complexity index is 851. The minimum Gasteiger partial charge on any atom is -0.341 e. The van der Waals surface area contributed by atoms with E-state index in [-0.39, 0.29) is 11.1 Å². The van der Waals surface area contributed by atoms with E-state index >= 15 is 0 Å². The zero-order valence-electron chi connectivity index (χ0n) is 10.2. The van der Waals surface area contributed by atoms with Gasteiger partial charge >= 0.3 is 0 Å². The molecule has 106 valence electrons. The van der Waals surface area contributed by atoms with Crippen LogP contribution in [-0.2, 0) is 0 Å². The number of nitrogens with zero attached hydrogens (tertiary/aromatic N) is 3. The molecule has 0 saturated heterocycles. The maximum absolute atomic E-state index is 12.2. The highest BCUT2D eigenvalue weighted by molar-refractivity contribution is 9.10. The van der Waals surface area contributed by atoms with Crippen LogP contribution in [0.2, 0.25) is 10.2 Å². The van der Waals surface area contributed by atoms with Crippen molar-refractivity contribution in [2.75, 3.05) is 5.32 Å². The zero-order valence-corrected chi connectivity index (χ0v) is 13.3. The Morgan fingerprint density at radius 2 is 2.10 bits per heavy atom. The van der Waals surface area contributed by atoms with Crippen LogP contribution in [0.4, 0.5) is 5.95 Å². The Hall–Kier alpha value is -1.70. The van der Waals surface area contributed by atoms with Gasteiger partial charge in [0.05, 0.1) is 11.9 Å². The van der Waals surface area contributed by atoms with E-state index in [1.807, 2.05) is 0 Å². The molecule has 21 heavy (non-hydrogen) atoms. The number of hydrogen-bond acceptors (Lipinski definition) is 4. The number of hydrogen-bond donors (Lipinski definition) is 2. The van der Waals surface area contributed by atoms with Crippen LogP contribution in [0.3, 0.4) is 0 Å². The van der Waals surface area contributed by atoms with Crippen molar-refractivity contribution in [1.29, 1.82) is 0 Å². The maximum Gasteiger partial charge on any atom is 0.259 e. The second-order valence-corrected chi connectivity index (χ2v) is 5.67. The molecule has 2 aromatic heterocycles.